The molecule has 2 heterocycles. The van der Waals surface area contributed by atoms with Crippen LogP contribution < -0.4 is 15.1 Å². The molecular formula is C24H22F4N3O2P. The SMILES string of the molecule is [2H]C([2H])([2H])N(C(=O)C1Cc2cc(F)ccc2N1c1cc(P(C)(C)=O)cc(C)n1)c1cc(F)c(F)cc1F. The summed E-state index contributed by atoms with van der Waals surface area (Å²) in [5, 5.41) is 0.441. The molecule has 0 radical (unpaired) electrons. The van der Waals surface area contributed by atoms with Crippen LogP contribution in [0.25, 0.3) is 0 Å². The Kier molecular flexibility index (Phi) is 5.08. The molecule has 5 nitrogen and oxygen atoms in total. The van der Waals surface area contributed by atoms with Crippen molar-refractivity contribution in [3.63, 3.8) is 0 Å². The van der Waals surface area contributed by atoms with Crippen LogP contribution in [0.2, 0.25) is 0 Å². The first-order valence-corrected chi connectivity index (χ1v) is 12.8. The molecule has 0 N–H and O–H groups in total. The number of carbonyl (C=O) groups is 1. The van der Waals surface area contributed by atoms with Gasteiger partial charge in [-0.2, -0.15) is 0 Å². The quantitative estimate of drug-likeness (QED) is 0.294. The van der Waals surface area contributed by atoms with E-state index < -0.39 is 55.0 Å². The minimum absolute atomic E-state index is 0.0893. The Morgan fingerprint density at radius 3 is 2.47 bits per heavy atom. The van der Waals surface area contributed by atoms with Crippen molar-refractivity contribution in [3.05, 3.63) is 77.0 Å². The van der Waals surface area contributed by atoms with E-state index in [1.54, 1.807) is 26.3 Å². The third-order valence-electron chi connectivity index (χ3n) is 5.56. The lowest BCUT2D eigenvalue weighted by molar-refractivity contribution is -0.119. The van der Waals surface area contributed by atoms with Crippen LogP contribution in [0.3, 0.4) is 0 Å². The Bertz CT molecular complexity index is 1460. The van der Waals surface area contributed by atoms with Crippen molar-refractivity contribution in [1.82, 2.24) is 4.98 Å². The van der Waals surface area contributed by atoms with Crippen LogP contribution in [0.5, 0.6) is 0 Å². The van der Waals surface area contributed by atoms with Gasteiger partial charge in [0.2, 0.25) is 5.91 Å². The molecule has 2 aromatic carbocycles. The van der Waals surface area contributed by atoms with E-state index in [2.05, 4.69) is 4.98 Å². The molecule has 1 amide bonds. The highest BCUT2D eigenvalue weighted by Gasteiger charge is 2.39. The molecule has 0 saturated carbocycles. The molecule has 1 aliphatic rings. The van der Waals surface area contributed by atoms with Gasteiger partial charge in [0.25, 0.3) is 0 Å². The van der Waals surface area contributed by atoms with Gasteiger partial charge in [0.15, 0.2) is 11.6 Å². The molecule has 10 heteroatoms. The van der Waals surface area contributed by atoms with Gasteiger partial charge >= 0.3 is 0 Å². The number of nitrogens with zero attached hydrogens (tertiary/aromatic N) is 3. The van der Waals surface area contributed by atoms with Crippen molar-refractivity contribution < 1.29 is 31.0 Å². The molecule has 0 spiro atoms. The van der Waals surface area contributed by atoms with Gasteiger partial charge in [-0.05, 0) is 56.1 Å². The van der Waals surface area contributed by atoms with Gasteiger partial charge < -0.3 is 14.4 Å². The minimum Gasteiger partial charge on any atom is -0.319 e. The fraction of sp³-hybridized carbons (Fsp3) is 0.250. The first-order valence-electron chi connectivity index (χ1n) is 11.7. The summed E-state index contributed by atoms with van der Waals surface area (Å²) in [5.74, 6) is -6.19. The fourth-order valence-electron chi connectivity index (χ4n) is 3.92. The van der Waals surface area contributed by atoms with E-state index in [1.165, 1.54) is 23.1 Å². The summed E-state index contributed by atoms with van der Waals surface area (Å²) in [7, 11) is -2.80. The van der Waals surface area contributed by atoms with E-state index in [4.69, 9.17) is 4.11 Å². The van der Waals surface area contributed by atoms with Gasteiger partial charge in [-0.1, -0.05) is 0 Å². The van der Waals surface area contributed by atoms with Gasteiger partial charge in [-0.3, -0.25) is 4.79 Å². The van der Waals surface area contributed by atoms with Crippen molar-refractivity contribution in [2.24, 2.45) is 0 Å². The molecule has 1 atom stereocenters. The molecule has 0 saturated heterocycles. The van der Waals surface area contributed by atoms with Crippen LogP contribution in [0.1, 0.15) is 15.4 Å². The predicted octanol–water partition coefficient (Wildman–Crippen LogP) is 4.92. The van der Waals surface area contributed by atoms with Crippen molar-refractivity contribution in [1.29, 1.82) is 0 Å². The molecule has 3 aromatic rings. The van der Waals surface area contributed by atoms with Crippen LogP contribution >= 0.6 is 7.14 Å². The minimum atomic E-state index is -3.29. The number of amides is 1. The number of hydrogen-bond acceptors (Lipinski definition) is 4. The highest BCUT2D eigenvalue weighted by molar-refractivity contribution is 7.70. The Morgan fingerprint density at radius 1 is 1.09 bits per heavy atom. The van der Waals surface area contributed by atoms with Gasteiger partial charge in [0.1, 0.15) is 30.6 Å². The monoisotopic (exact) mass is 494 g/mol. The van der Waals surface area contributed by atoms with Gasteiger partial charge in [-0.15, -0.1) is 0 Å². The first kappa shape index (κ1) is 20.2. The molecule has 1 aromatic heterocycles. The summed E-state index contributed by atoms with van der Waals surface area (Å²) in [6, 6.07) is 5.90. The van der Waals surface area contributed by atoms with Crippen LogP contribution in [-0.4, -0.2) is 37.2 Å². The molecule has 0 bridgehead atoms. The number of fused-ring (bicyclic) bond motifs is 1. The van der Waals surface area contributed by atoms with Crippen LogP contribution in [0.15, 0.2) is 42.5 Å². The third kappa shape index (κ3) is 4.32. The van der Waals surface area contributed by atoms with Crippen molar-refractivity contribution >= 4 is 35.5 Å². The van der Waals surface area contributed by atoms with Crippen LogP contribution in [-0.2, 0) is 15.8 Å². The maximum atomic E-state index is 14.7. The van der Waals surface area contributed by atoms with Crippen molar-refractivity contribution in [2.75, 3.05) is 30.1 Å². The molecule has 34 heavy (non-hydrogen) atoms. The van der Waals surface area contributed by atoms with E-state index in [9.17, 15) is 26.9 Å². The number of aryl methyl sites for hydroxylation is 1. The smallest absolute Gasteiger partial charge is 0.250 e. The second-order valence-electron chi connectivity index (χ2n) is 8.43. The number of hydrogen-bond donors (Lipinski definition) is 0. The maximum Gasteiger partial charge on any atom is 0.250 e. The second-order valence-corrected chi connectivity index (χ2v) is 11.6. The molecule has 1 aliphatic heterocycles. The molecule has 178 valence electrons. The third-order valence-corrected chi connectivity index (χ3v) is 7.06. The Balaban J connectivity index is 1.91. The molecular weight excluding hydrogens is 469 g/mol. The molecule has 0 fully saturated rings. The number of anilines is 3. The largest absolute Gasteiger partial charge is 0.319 e. The van der Waals surface area contributed by atoms with E-state index in [0.29, 0.717) is 28.3 Å². The number of pyridine rings is 1. The first-order chi connectivity index (χ1) is 17.1. The number of benzene rings is 2. The molecule has 1 unspecified atom stereocenters. The summed E-state index contributed by atoms with van der Waals surface area (Å²) in [4.78, 5) is 19.7. The van der Waals surface area contributed by atoms with Gasteiger partial charge in [-0.25, -0.2) is 22.5 Å². The lowest BCUT2D eigenvalue weighted by Gasteiger charge is -2.30. The fourth-order valence-corrected chi connectivity index (χ4v) is 4.84. The van der Waals surface area contributed by atoms with E-state index in [1.807, 2.05) is 0 Å². The zero-order valence-corrected chi connectivity index (χ0v) is 19.3. The van der Waals surface area contributed by atoms with Gasteiger partial charge in [0.05, 0.1) is 5.69 Å². The summed E-state index contributed by atoms with van der Waals surface area (Å²) in [6.07, 6.45) is -0.190. The lowest BCUT2D eigenvalue weighted by Crippen LogP contribution is -2.45. The standard InChI is InChI=1S/C24H22F4N3O2P/c1-13-7-16(34(3,4)33)10-23(29-13)31-20-6-5-15(25)8-14(20)9-22(31)24(32)30(2)21-12-18(27)17(26)11-19(21)28/h5-8,10-12,22H,9H2,1-4H3/i2D3. The van der Waals surface area contributed by atoms with Crippen molar-refractivity contribution in [2.45, 2.75) is 19.4 Å². The summed E-state index contributed by atoms with van der Waals surface area (Å²) in [6.45, 7) is 1.45. The predicted molar refractivity (Wildman–Crippen MR) is 124 cm³/mol. The van der Waals surface area contributed by atoms with E-state index in [0.717, 1.165) is 6.07 Å². The zero-order chi connectivity index (χ0) is 27.4. The van der Waals surface area contributed by atoms with E-state index in [-0.39, 0.29) is 23.2 Å². The molecule has 0 aliphatic carbocycles. The van der Waals surface area contributed by atoms with Crippen LogP contribution in [0.4, 0.5) is 34.8 Å². The summed E-state index contributed by atoms with van der Waals surface area (Å²) in [5.41, 5.74) is 0.158. The molecule has 4 rings (SSSR count). The number of aromatic nitrogens is 1. The maximum absolute atomic E-state index is 14.7. The Morgan fingerprint density at radius 2 is 1.79 bits per heavy atom. The van der Waals surface area contributed by atoms with Gasteiger partial charge in [0, 0.05) is 46.3 Å². The van der Waals surface area contributed by atoms with Crippen LogP contribution in [0, 0.1) is 30.2 Å². The average molecular weight is 494 g/mol. The zero-order valence-electron chi connectivity index (χ0n) is 21.4. The Hall–Kier alpha value is -3.19. The summed E-state index contributed by atoms with van der Waals surface area (Å²) >= 11 is 0. The number of rotatable bonds is 4. The Labute approximate surface area is 198 Å². The normalized spacial score (nSPS) is 17.1. The highest BCUT2D eigenvalue weighted by atomic mass is 31.2. The topological polar surface area (TPSA) is 53.5 Å². The average Bonchev–Trinajstić information content (AvgIpc) is 3.14. The number of halogens is 4. The highest BCUT2D eigenvalue weighted by Crippen LogP contribution is 2.41. The van der Waals surface area contributed by atoms with Crippen molar-refractivity contribution in [3.8, 4) is 0 Å². The number of carbonyl (C=O) groups excluding carboxylic acids is 1. The number of likely N-dealkylation sites (N-methyl/N-ethyl adjacent to an activating group) is 1. The lowest BCUT2D eigenvalue weighted by atomic mass is 10.1. The summed E-state index contributed by atoms with van der Waals surface area (Å²) < 4.78 is 92.8. The van der Waals surface area contributed by atoms with E-state index >= 15 is 0 Å². The second kappa shape index (κ2) is 8.55.